The molecular formula is C11H22N6. The minimum atomic E-state index is 0.714. The van der Waals surface area contributed by atoms with Gasteiger partial charge in [-0.25, -0.2) is 0 Å². The maximum absolute atomic E-state index is 5.81. The van der Waals surface area contributed by atoms with Crippen LogP contribution in [0.25, 0.3) is 0 Å². The first-order valence-electron chi connectivity index (χ1n) is 6.09. The SMILES string of the molecule is CN1CCN(CCNc2nn(C)cc2N)CC1. The Bertz CT molecular complexity index is 353. The Hall–Kier alpha value is -1.27. The number of likely N-dealkylation sites (N-methyl/N-ethyl adjacent to an activating group) is 1. The van der Waals surface area contributed by atoms with E-state index in [4.69, 9.17) is 5.73 Å². The van der Waals surface area contributed by atoms with Crippen molar-refractivity contribution in [2.24, 2.45) is 7.05 Å². The summed E-state index contributed by atoms with van der Waals surface area (Å²) in [5, 5.41) is 7.54. The van der Waals surface area contributed by atoms with Crippen molar-refractivity contribution < 1.29 is 0 Å². The molecule has 1 saturated heterocycles. The molecule has 0 atom stereocenters. The summed E-state index contributed by atoms with van der Waals surface area (Å²) in [6.45, 7) is 6.55. The van der Waals surface area contributed by atoms with Gasteiger partial charge in [-0.3, -0.25) is 9.58 Å². The van der Waals surface area contributed by atoms with Crippen molar-refractivity contribution in [1.82, 2.24) is 19.6 Å². The quantitative estimate of drug-likeness (QED) is 0.751. The average Bonchev–Trinajstić information content (AvgIpc) is 2.60. The Morgan fingerprint density at radius 3 is 2.59 bits per heavy atom. The number of hydrogen-bond donors (Lipinski definition) is 2. The lowest BCUT2D eigenvalue weighted by Gasteiger charge is -2.32. The maximum atomic E-state index is 5.81. The summed E-state index contributed by atoms with van der Waals surface area (Å²) in [5.41, 5.74) is 6.53. The summed E-state index contributed by atoms with van der Waals surface area (Å²) >= 11 is 0. The first-order valence-corrected chi connectivity index (χ1v) is 6.09. The number of piperazine rings is 1. The molecule has 1 aromatic rings. The number of hydrogen-bond acceptors (Lipinski definition) is 5. The van der Waals surface area contributed by atoms with Gasteiger partial charge in [0, 0.05) is 52.5 Å². The van der Waals surface area contributed by atoms with E-state index in [0.717, 1.165) is 45.1 Å². The van der Waals surface area contributed by atoms with Crippen LogP contribution in [-0.2, 0) is 7.05 Å². The van der Waals surface area contributed by atoms with E-state index in [-0.39, 0.29) is 0 Å². The number of nitrogens with one attached hydrogen (secondary N) is 1. The van der Waals surface area contributed by atoms with Gasteiger partial charge in [0.25, 0.3) is 0 Å². The van der Waals surface area contributed by atoms with Crippen LogP contribution in [0.4, 0.5) is 11.5 Å². The fourth-order valence-electron chi connectivity index (χ4n) is 2.05. The zero-order valence-electron chi connectivity index (χ0n) is 10.7. The highest BCUT2D eigenvalue weighted by molar-refractivity contribution is 5.59. The number of nitrogens with zero attached hydrogens (tertiary/aromatic N) is 4. The fourth-order valence-corrected chi connectivity index (χ4v) is 2.05. The summed E-state index contributed by atoms with van der Waals surface area (Å²) < 4.78 is 1.73. The fraction of sp³-hybridized carbons (Fsp3) is 0.727. The molecule has 6 heteroatoms. The summed E-state index contributed by atoms with van der Waals surface area (Å²) in [5.74, 6) is 0.793. The molecule has 1 aliphatic rings. The van der Waals surface area contributed by atoms with E-state index < -0.39 is 0 Å². The van der Waals surface area contributed by atoms with Gasteiger partial charge < -0.3 is 16.0 Å². The van der Waals surface area contributed by atoms with Crippen LogP contribution < -0.4 is 11.1 Å². The predicted octanol–water partition coefficient (Wildman–Crippen LogP) is -0.338. The van der Waals surface area contributed by atoms with Gasteiger partial charge in [-0.05, 0) is 7.05 Å². The lowest BCUT2D eigenvalue weighted by atomic mass is 10.3. The molecule has 0 bridgehead atoms. The van der Waals surface area contributed by atoms with Gasteiger partial charge in [0.2, 0.25) is 0 Å². The standard InChI is InChI=1S/C11H22N6/c1-15-5-7-17(8-6-15)4-3-13-11-10(12)9-16(2)14-11/h9H,3-8,12H2,1-2H3,(H,13,14). The van der Waals surface area contributed by atoms with Gasteiger partial charge in [0.05, 0.1) is 5.69 Å². The Morgan fingerprint density at radius 2 is 2.00 bits per heavy atom. The first-order chi connectivity index (χ1) is 8.15. The van der Waals surface area contributed by atoms with Gasteiger partial charge in [-0.2, -0.15) is 5.10 Å². The summed E-state index contributed by atoms with van der Waals surface area (Å²) in [7, 11) is 4.05. The zero-order chi connectivity index (χ0) is 12.3. The van der Waals surface area contributed by atoms with E-state index in [2.05, 4.69) is 27.3 Å². The van der Waals surface area contributed by atoms with Gasteiger partial charge in [-0.1, -0.05) is 0 Å². The van der Waals surface area contributed by atoms with E-state index in [1.165, 1.54) is 0 Å². The Morgan fingerprint density at radius 1 is 1.29 bits per heavy atom. The number of rotatable bonds is 4. The molecule has 0 aromatic carbocycles. The minimum Gasteiger partial charge on any atom is -0.394 e. The molecule has 0 unspecified atom stereocenters. The number of nitrogen functional groups attached to an aromatic ring is 1. The van der Waals surface area contributed by atoms with Crippen LogP contribution in [0.1, 0.15) is 0 Å². The summed E-state index contributed by atoms with van der Waals surface area (Å²) in [4.78, 5) is 4.83. The Kier molecular flexibility index (Phi) is 3.86. The van der Waals surface area contributed by atoms with Crippen molar-refractivity contribution in [3.63, 3.8) is 0 Å². The topological polar surface area (TPSA) is 62.3 Å². The van der Waals surface area contributed by atoms with Gasteiger partial charge in [0.1, 0.15) is 0 Å². The third kappa shape index (κ3) is 3.34. The van der Waals surface area contributed by atoms with Crippen molar-refractivity contribution in [3.8, 4) is 0 Å². The molecule has 1 fully saturated rings. The number of aryl methyl sites for hydroxylation is 1. The van der Waals surface area contributed by atoms with E-state index in [9.17, 15) is 0 Å². The van der Waals surface area contributed by atoms with Crippen LogP contribution in [0, 0.1) is 0 Å². The van der Waals surface area contributed by atoms with Crippen molar-refractivity contribution in [2.75, 3.05) is 57.4 Å². The second-order valence-electron chi connectivity index (χ2n) is 4.68. The normalized spacial score (nSPS) is 18.5. The predicted molar refractivity (Wildman–Crippen MR) is 70.0 cm³/mol. The third-order valence-corrected chi connectivity index (χ3v) is 3.17. The Balaban J connectivity index is 1.71. The second-order valence-corrected chi connectivity index (χ2v) is 4.68. The zero-order valence-corrected chi connectivity index (χ0v) is 10.7. The van der Waals surface area contributed by atoms with Crippen molar-refractivity contribution >= 4 is 11.5 Å². The van der Waals surface area contributed by atoms with Crippen molar-refractivity contribution in [1.29, 1.82) is 0 Å². The molecule has 17 heavy (non-hydrogen) atoms. The summed E-state index contributed by atoms with van der Waals surface area (Å²) in [6, 6.07) is 0. The first kappa shape index (κ1) is 12.2. The lowest BCUT2D eigenvalue weighted by Crippen LogP contribution is -2.45. The molecule has 0 aliphatic carbocycles. The monoisotopic (exact) mass is 238 g/mol. The highest BCUT2D eigenvalue weighted by Crippen LogP contribution is 2.13. The van der Waals surface area contributed by atoms with E-state index >= 15 is 0 Å². The molecule has 6 nitrogen and oxygen atoms in total. The van der Waals surface area contributed by atoms with E-state index in [1.807, 2.05) is 13.2 Å². The molecule has 1 aliphatic heterocycles. The molecule has 96 valence electrons. The Labute approximate surface area is 102 Å². The molecular weight excluding hydrogens is 216 g/mol. The molecule has 1 aromatic heterocycles. The molecule has 0 amide bonds. The number of aromatic nitrogens is 2. The largest absolute Gasteiger partial charge is 0.394 e. The third-order valence-electron chi connectivity index (χ3n) is 3.17. The van der Waals surface area contributed by atoms with Crippen molar-refractivity contribution in [3.05, 3.63) is 6.20 Å². The van der Waals surface area contributed by atoms with E-state index in [0.29, 0.717) is 5.69 Å². The molecule has 3 N–H and O–H groups in total. The van der Waals surface area contributed by atoms with Crippen LogP contribution in [0.5, 0.6) is 0 Å². The molecule has 0 spiro atoms. The maximum Gasteiger partial charge on any atom is 0.171 e. The van der Waals surface area contributed by atoms with Crippen LogP contribution in [0.3, 0.4) is 0 Å². The minimum absolute atomic E-state index is 0.714. The molecule has 0 radical (unpaired) electrons. The van der Waals surface area contributed by atoms with Crippen LogP contribution in [0.15, 0.2) is 6.20 Å². The highest BCUT2D eigenvalue weighted by Gasteiger charge is 2.13. The molecule has 0 saturated carbocycles. The molecule has 2 heterocycles. The lowest BCUT2D eigenvalue weighted by molar-refractivity contribution is 0.158. The van der Waals surface area contributed by atoms with Crippen LogP contribution in [-0.4, -0.2) is 65.9 Å². The van der Waals surface area contributed by atoms with E-state index in [1.54, 1.807) is 4.68 Å². The average molecular weight is 238 g/mol. The second kappa shape index (κ2) is 5.37. The smallest absolute Gasteiger partial charge is 0.171 e. The molecule has 2 rings (SSSR count). The van der Waals surface area contributed by atoms with Gasteiger partial charge in [-0.15, -0.1) is 0 Å². The summed E-state index contributed by atoms with van der Waals surface area (Å²) in [6.07, 6.45) is 1.82. The number of anilines is 2. The van der Waals surface area contributed by atoms with Crippen LogP contribution in [0.2, 0.25) is 0 Å². The van der Waals surface area contributed by atoms with Gasteiger partial charge in [0.15, 0.2) is 5.82 Å². The van der Waals surface area contributed by atoms with Gasteiger partial charge >= 0.3 is 0 Å². The van der Waals surface area contributed by atoms with Crippen LogP contribution >= 0.6 is 0 Å². The number of nitrogens with two attached hydrogens (primary N) is 1. The highest BCUT2D eigenvalue weighted by atomic mass is 15.3. The van der Waals surface area contributed by atoms with Crippen molar-refractivity contribution in [2.45, 2.75) is 0 Å².